The summed E-state index contributed by atoms with van der Waals surface area (Å²) in [5.74, 6) is 1.31. The van der Waals surface area contributed by atoms with E-state index >= 15 is 0 Å². The van der Waals surface area contributed by atoms with E-state index in [0.717, 1.165) is 39.6 Å². The third-order valence-corrected chi connectivity index (χ3v) is 6.26. The predicted octanol–water partition coefficient (Wildman–Crippen LogP) is 4.82. The highest BCUT2D eigenvalue weighted by molar-refractivity contribution is 7.20. The number of hydrogen-bond donors (Lipinski definition) is 0. The summed E-state index contributed by atoms with van der Waals surface area (Å²) >= 11 is 1.56. The Hall–Kier alpha value is -2.14. The Morgan fingerprint density at radius 3 is 2.58 bits per heavy atom. The number of fused-ring (bicyclic) bond motifs is 1. The van der Waals surface area contributed by atoms with Gasteiger partial charge in [0.25, 0.3) is 5.91 Å². The number of likely N-dealkylation sites (tertiary alicyclic amines) is 1. The molecule has 4 rings (SSSR count). The molecule has 0 N–H and O–H groups in total. The Bertz CT molecular complexity index is 961. The molecule has 0 bridgehead atoms. The molecule has 0 unspecified atom stereocenters. The van der Waals surface area contributed by atoms with Gasteiger partial charge in [0.1, 0.15) is 4.83 Å². The van der Waals surface area contributed by atoms with Crippen LogP contribution in [0.25, 0.3) is 15.9 Å². The Morgan fingerprint density at radius 2 is 1.88 bits per heavy atom. The zero-order chi connectivity index (χ0) is 18.4. The first-order valence-electron chi connectivity index (χ1n) is 9.28. The van der Waals surface area contributed by atoms with Crippen molar-refractivity contribution in [3.05, 3.63) is 46.5 Å². The molecule has 4 nitrogen and oxygen atoms in total. The molecule has 2 atom stereocenters. The Labute approximate surface area is 158 Å². The van der Waals surface area contributed by atoms with Gasteiger partial charge in [0, 0.05) is 18.5 Å². The van der Waals surface area contributed by atoms with Crippen LogP contribution in [0.3, 0.4) is 0 Å². The van der Waals surface area contributed by atoms with E-state index in [0.29, 0.717) is 11.8 Å². The van der Waals surface area contributed by atoms with E-state index in [9.17, 15) is 4.79 Å². The van der Waals surface area contributed by atoms with Gasteiger partial charge in [-0.3, -0.25) is 4.79 Å². The molecule has 0 aliphatic carbocycles. The zero-order valence-electron chi connectivity index (χ0n) is 15.8. The lowest BCUT2D eigenvalue weighted by atomic mass is 9.92. The molecule has 1 amide bonds. The standard InChI is InChI=1S/C21H25N3OS/c1-13-6-5-7-17(9-13)24-21-18(16(4)22-24)10-19(26-21)20(25)23-11-14(2)8-15(3)12-23/h5-7,9-10,14-15H,8,11-12H2,1-4H3/t14-,15-/m1/s1. The van der Waals surface area contributed by atoms with E-state index in [2.05, 4.69) is 39.0 Å². The van der Waals surface area contributed by atoms with Gasteiger partial charge in [-0.1, -0.05) is 26.0 Å². The average molecular weight is 368 g/mol. The van der Waals surface area contributed by atoms with E-state index in [-0.39, 0.29) is 5.91 Å². The summed E-state index contributed by atoms with van der Waals surface area (Å²) in [4.78, 5) is 17.0. The first-order valence-corrected chi connectivity index (χ1v) is 10.1. The smallest absolute Gasteiger partial charge is 0.264 e. The highest BCUT2D eigenvalue weighted by Gasteiger charge is 2.28. The monoisotopic (exact) mass is 367 g/mol. The molecule has 2 aromatic heterocycles. The van der Waals surface area contributed by atoms with Crippen LogP contribution >= 0.6 is 11.3 Å². The number of rotatable bonds is 2. The minimum Gasteiger partial charge on any atom is -0.337 e. The molecule has 0 saturated carbocycles. The maximum Gasteiger partial charge on any atom is 0.264 e. The quantitative estimate of drug-likeness (QED) is 0.651. The minimum atomic E-state index is 0.166. The number of hydrogen-bond acceptors (Lipinski definition) is 3. The van der Waals surface area contributed by atoms with Gasteiger partial charge in [-0.2, -0.15) is 5.10 Å². The summed E-state index contributed by atoms with van der Waals surface area (Å²) in [6, 6.07) is 10.3. The largest absolute Gasteiger partial charge is 0.337 e. The van der Waals surface area contributed by atoms with Crippen LogP contribution in [0, 0.1) is 25.7 Å². The van der Waals surface area contributed by atoms with E-state index in [1.807, 2.05) is 28.6 Å². The fraction of sp³-hybridized carbons (Fsp3) is 0.429. The van der Waals surface area contributed by atoms with Gasteiger partial charge < -0.3 is 4.90 Å². The maximum atomic E-state index is 13.1. The molecule has 0 spiro atoms. The van der Waals surface area contributed by atoms with Crippen LogP contribution in [0.2, 0.25) is 0 Å². The number of thiophene rings is 1. The van der Waals surface area contributed by atoms with Crippen molar-refractivity contribution in [1.82, 2.24) is 14.7 Å². The van der Waals surface area contributed by atoms with E-state index < -0.39 is 0 Å². The van der Waals surface area contributed by atoms with Crippen LogP contribution in [-0.4, -0.2) is 33.7 Å². The van der Waals surface area contributed by atoms with Crippen LogP contribution in [0.1, 0.15) is 41.2 Å². The van der Waals surface area contributed by atoms with Crippen LogP contribution in [0.4, 0.5) is 0 Å². The summed E-state index contributed by atoms with van der Waals surface area (Å²) < 4.78 is 1.97. The topological polar surface area (TPSA) is 38.1 Å². The van der Waals surface area contributed by atoms with Crippen LogP contribution < -0.4 is 0 Å². The Balaban J connectivity index is 1.72. The van der Waals surface area contributed by atoms with Gasteiger partial charge in [-0.15, -0.1) is 11.3 Å². The highest BCUT2D eigenvalue weighted by atomic mass is 32.1. The summed E-state index contributed by atoms with van der Waals surface area (Å²) in [5.41, 5.74) is 3.22. The Morgan fingerprint density at radius 1 is 1.15 bits per heavy atom. The van der Waals surface area contributed by atoms with Crippen molar-refractivity contribution in [1.29, 1.82) is 0 Å². The van der Waals surface area contributed by atoms with Gasteiger partial charge in [0.15, 0.2) is 0 Å². The highest BCUT2D eigenvalue weighted by Crippen LogP contribution is 2.32. The molecule has 3 aromatic rings. The van der Waals surface area contributed by atoms with Crippen molar-refractivity contribution in [3.63, 3.8) is 0 Å². The second-order valence-electron chi connectivity index (χ2n) is 7.82. The van der Waals surface area contributed by atoms with Crippen LogP contribution in [-0.2, 0) is 0 Å². The molecular formula is C21H25N3OS. The summed E-state index contributed by atoms with van der Waals surface area (Å²) in [6.45, 7) is 10.3. The fourth-order valence-corrected chi connectivity index (χ4v) is 5.22. The van der Waals surface area contributed by atoms with E-state index in [1.54, 1.807) is 11.3 Å². The van der Waals surface area contributed by atoms with Gasteiger partial charge in [-0.25, -0.2) is 4.68 Å². The van der Waals surface area contributed by atoms with Gasteiger partial charge >= 0.3 is 0 Å². The van der Waals surface area contributed by atoms with Crippen molar-refractivity contribution in [2.45, 2.75) is 34.1 Å². The van der Waals surface area contributed by atoms with Crippen molar-refractivity contribution in [3.8, 4) is 5.69 Å². The zero-order valence-corrected chi connectivity index (χ0v) is 16.6. The SMILES string of the molecule is Cc1cccc(-n2nc(C)c3cc(C(=O)N4C[C@H](C)C[C@@H](C)C4)sc32)c1. The molecule has 3 heterocycles. The van der Waals surface area contributed by atoms with Gasteiger partial charge in [0.2, 0.25) is 0 Å². The number of nitrogens with zero attached hydrogens (tertiary/aromatic N) is 3. The number of carbonyl (C=O) groups is 1. The maximum absolute atomic E-state index is 13.1. The molecule has 1 fully saturated rings. The number of piperidine rings is 1. The van der Waals surface area contributed by atoms with E-state index in [1.165, 1.54) is 12.0 Å². The van der Waals surface area contributed by atoms with Gasteiger partial charge in [0.05, 0.1) is 16.3 Å². The van der Waals surface area contributed by atoms with Gasteiger partial charge in [-0.05, 0) is 55.9 Å². The predicted molar refractivity (Wildman–Crippen MR) is 107 cm³/mol. The molecule has 1 aliphatic heterocycles. The Kier molecular flexibility index (Phi) is 4.35. The lowest BCUT2D eigenvalue weighted by Crippen LogP contribution is -2.42. The third kappa shape index (κ3) is 3.05. The van der Waals surface area contributed by atoms with Crippen molar-refractivity contribution in [2.75, 3.05) is 13.1 Å². The van der Waals surface area contributed by atoms with Crippen molar-refractivity contribution < 1.29 is 4.79 Å². The lowest BCUT2D eigenvalue weighted by molar-refractivity contribution is 0.0628. The molecule has 0 radical (unpaired) electrons. The molecule has 136 valence electrons. The second-order valence-corrected chi connectivity index (χ2v) is 8.85. The second kappa shape index (κ2) is 6.54. The molecule has 26 heavy (non-hydrogen) atoms. The number of aryl methyl sites for hydroxylation is 2. The summed E-state index contributed by atoms with van der Waals surface area (Å²) in [5, 5.41) is 5.78. The molecular weight excluding hydrogens is 342 g/mol. The molecule has 1 aliphatic rings. The summed E-state index contributed by atoms with van der Waals surface area (Å²) in [6.07, 6.45) is 1.21. The van der Waals surface area contributed by atoms with Crippen LogP contribution in [0.5, 0.6) is 0 Å². The van der Waals surface area contributed by atoms with Crippen LogP contribution in [0.15, 0.2) is 30.3 Å². The van der Waals surface area contributed by atoms with E-state index in [4.69, 9.17) is 5.10 Å². The molecule has 1 saturated heterocycles. The molecule has 1 aromatic carbocycles. The fourth-order valence-electron chi connectivity index (χ4n) is 4.07. The van der Waals surface area contributed by atoms with Crippen molar-refractivity contribution >= 4 is 27.5 Å². The normalized spacial score (nSPS) is 20.7. The third-order valence-electron chi connectivity index (χ3n) is 5.16. The first-order chi connectivity index (χ1) is 12.4. The average Bonchev–Trinajstić information content (AvgIpc) is 3.14. The lowest BCUT2D eigenvalue weighted by Gasteiger charge is -2.34. The number of aromatic nitrogens is 2. The molecule has 5 heteroatoms. The number of carbonyl (C=O) groups excluding carboxylic acids is 1. The summed E-state index contributed by atoms with van der Waals surface area (Å²) in [7, 11) is 0. The number of benzene rings is 1. The van der Waals surface area contributed by atoms with Crippen molar-refractivity contribution in [2.24, 2.45) is 11.8 Å². The number of amides is 1. The first kappa shape index (κ1) is 17.3. The minimum absolute atomic E-state index is 0.166.